The Morgan fingerprint density at radius 1 is 0.441 bits per heavy atom. The quantitative estimate of drug-likeness (QED) is 0.199. The maximum Gasteiger partial charge on any atom is 0.237 e. The van der Waals surface area contributed by atoms with Gasteiger partial charge >= 0.3 is 0 Å². The highest BCUT2D eigenvalue weighted by Crippen LogP contribution is 2.31. The molecule has 0 spiro atoms. The van der Waals surface area contributed by atoms with Crippen molar-refractivity contribution in [2.75, 3.05) is 0 Å². The van der Waals surface area contributed by atoms with Gasteiger partial charge in [0.05, 0.1) is 6.07 Å². The van der Waals surface area contributed by atoms with Gasteiger partial charge in [0.2, 0.25) is 42.2 Å². The SMILES string of the molecule is C1=Cc2cc3ccc(cc4ccc(cc5[s+]c(cc1[s+]2)C=C5)s4)s3.[O-][Cl+3]([O-])([O-])[O-].[O-][Cl+3]([O-])([O-])[O-]. The minimum Gasteiger partial charge on any atom is -0.222 e. The predicted molar refractivity (Wildman–Crippen MR) is 115 cm³/mol. The minimum absolute atomic E-state index is 1.31. The van der Waals surface area contributed by atoms with Crippen LogP contribution in [-0.4, -0.2) is 0 Å². The molecule has 2 aliphatic rings. The zero-order valence-corrected chi connectivity index (χ0v) is 21.4. The third-order valence-corrected chi connectivity index (χ3v) is 7.65. The Hall–Kier alpha value is -1.46. The van der Waals surface area contributed by atoms with Crippen LogP contribution in [0.15, 0.2) is 48.5 Å². The Kier molecular flexibility index (Phi) is 9.19. The fourth-order valence-corrected chi connectivity index (χ4v) is 6.62. The zero-order chi connectivity index (χ0) is 24.9. The van der Waals surface area contributed by atoms with Gasteiger partial charge in [-0.3, -0.25) is 0 Å². The lowest BCUT2D eigenvalue weighted by atomic mass is 10.3. The highest BCUT2D eigenvalue weighted by Gasteiger charge is 2.17. The normalized spacial score (nSPS) is 12.5. The van der Waals surface area contributed by atoms with E-state index >= 15 is 0 Å². The van der Waals surface area contributed by atoms with E-state index < -0.39 is 20.5 Å². The number of halogens is 2. The molecule has 0 unspecified atom stereocenters. The lowest BCUT2D eigenvalue weighted by molar-refractivity contribution is -2.00. The van der Waals surface area contributed by atoms with E-state index in [1.165, 1.54) is 38.3 Å². The molecular formula is C20H12Cl2O8S4. The van der Waals surface area contributed by atoms with Crippen LogP contribution < -0.4 is 37.3 Å². The fourth-order valence-electron chi connectivity index (χ4n) is 2.66. The summed E-state index contributed by atoms with van der Waals surface area (Å²) in [5.41, 5.74) is 0. The van der Waals surface area contributed by atoms with E-state index in [0.29, 0.717) is 0 Å². The van der Waals surface area contributed by atoms with Gasteiger partial charge < -0.3 is 0 Å². The van der Waals surface area contributed by atoms with Crippen molar-refractivity contribution < 1.29 is 57.8 Å². The first-order valence-corrected chi connectivity index (χ1v) is 14.6. The molecule has 0 amide bonds. The molecule has 0 radical (unpaired) electrons. The lowest BCUT2D eigenvalue weighted by Gasteiger charge is -2.17. The van der Waals surface area contributed by atoms with Crippen molar-refractivity contribution in [3.63, 3.8) is 0 Å². The van der Waals surface area contributed by atoms with Crippen LogP contribution in [0, 0.1) is 20.5 Å². The van der Waals surface area contributed by atoms with Crippen LogP contribution in [0.2, 0.25) is 0 Å². The molecule has 0 saturated heterocycles. The minimum atomic E-state index is -4.94. The van der Waals surface area contributed by atoms with Crippen molar-refractivity contribution in [1.29, 1.82) is 0 Å². The molecule has 0 N–H and O–H groups in total. The average molecular weight is 579 g/mol. The number of thiophene rings is 2. The second-order valence-corrected chi connectivity index (χ2v) is 12.4. The first-order valence-electron chi connectivity index (χ1n) is 8.82. The van der Waals surface area contributed by atoms with Crippen molar-refractivity contribution in [2.45, 2.75) is 0 Å². The van der Waals surface area contributed by atoms with E-state index in [9.17, 15) is 0 Å². The third kappa shape index (κ3) is 10.4. The van der Waals surface area contributed by atoms with Crippen LogP contribution in [0.1, 0.15) is 19.5 Å². The van der Waals surface area contributed by atoms with Gasteiger partial charge in [-0.25, -0.2) is 37.3 Å². The van der Waals surface area contributed by atoms with Crippen LogP contribution >= 0.6 is 45.3 Å². The van der Waals surface area contributed by atoms with Crippen LogP contribution in [0.3, 0.4) is 0 Å². The highest BCUT2D eigenvalue weighted by atomic mass is 35.7. The summed E-state index contributed by atoms with van der Waals surface area (Å²) < 4.78 is 73.2. The van der Waals surface area contributed by atoms with E-state index in [4.69, 9.17) is 37.3 Å². The largest absolute Gasteiger partial charge is 0.237 e. The van der Waals surface area contributed by atoms with Crippen LogP contribution in [0.5, 0.6) is 0 Å². The molecule has 14 heteroatoms. The summed E-state index contributed by atoms with van der Waals surface area (Å²) in [5, 5.41) is 0. The molecule has 5 heterocycles. The van der Waals surface area contributed by atoms with Crippen LogP contribution in [0.4, 0.5) is 0 Å². The maximum atomic E-state index is 8.49. The number of fused-ring (bicyclic) bond motifs is 8. The molecule has 3 aromatic rings. The predicted octanol–water partition coefficient (Wildman–Crippen LogP) is -1.49. The number of rotatable bonds is 0. The topological polar surface area (TPSA) is 184 Å². The van der Waals surface area contributed by atoms with Gasteiger partial charge in [0, 0.05) is 55.2 Å². The van der Waals surface area contributed by atoms with Crippen molar-refractivity contribution in [3.05, 3.63) is 68.0 Å². The van der Waals surface area contributed by atoms with E-state index in [1.54, 1.807) is 0 Å². The summed E-state index contributed by atoms with van der Waals surface area (Å²) in [6.07, 6.45) is 8.85. The molecule has 178 valence electrons. The van der Waals surface area contributed by atoms with Crippen molar-refractivity contribution in [3.8, 4) is 0 Å². The second kappa shape index (κ2) is 11.5. The highest BCUT2D eigenvalue weighted by molar-refractivity contribution is 7.25. The van der Waals surface area contributed by atoms with Crippen molar-refractivity contribution in [2.24, 2.45) is 0 Å². The zero-order valence-electron chi connectivity index (χ0n) is 16.6. The monoisotopic (exact) mass is 578 g/mol. The average Bonchev–Trinajstić information content (AvgIpc) is 3.44. The molecule has 0 saturated carbocycles. The number of hydrogen-bond donors (Lipinski definition) is 0. The molecule has 8 bridgehead atoms. The number of hydrogen-bond acceptors (Lipinski definition) is 10. The second-order valence-electron chi connectivity index (χ2n) is 6.29. The van der Waals surface area contributed by atoms with Gasteiger partial charge in [0.25, 0.3) is 0 Å². The molecule has 0 atom stereocenters. The van der Waals surface area contributed by atoms with Gasteiger partial charge in [-0.15, -0.1) is 43.2 Å². The molecule has 3 aromatic heterocycles. The maximum absolute atomic E-state index is 8.49. The van der Waals surface area contributed by atoms with Gasteiger partial charge in [0.15, 0.2) is 0 Å². The summed E-state index contributed by atoms with van der Waals surface area (Å²) >= 11 is 7.38. The van der Waals surface area contributed by atoms with Gasteiger partial charge in [0.1, 0.15) is 0 Å². The fraction of sp³-hybridized carbons (Fsp3) is 0. The molecule has 5 rings (SSSR count). The summed E-state index contributed by atoms with van der Waals surface area (Å²) in [6, 6.07) is 18.0. The van der Waals surface area contributed by atoms with Gasteiger partial charge in [-0.05, 0) is 30.3 Å². The molecule has 2 aliphatic heterocycles. The third-order valence-electron chi connectivity index (χ3n) is 3.73. The summed E-state index contributed by atoms with van der Waals surface area (Å²) in [5.74, 6) is 0. The smallest absolute Gasteiger partial charge is 0.222 e. The summed E-state index contributed by atoms with van der Waals surface area (Å²) in [7, 11) is -9.89. The van der Waals surface area contributed by atoms with Crippen molar-refractivity contribution in [1.82, 2.24) is 0 Å². The van der Waals surface area contributed by atoms with E-state index in [1.807, 2.05) is 45.3 Å². The van der Waals surface area contributed by atoms with E-state index in [-0.39, 0.29) is 0 Å². The lowest BCUT2D eigenvalue weighted by Crippen LogP contribution is -2.68. The molecule has 0 aliphatic carbocycles. The Labute approximate surface area is 213 Å². The standard InChI is InChI=1S/C20H12S4.2ClHO4/c1-2-14-10-16-5-6-18(23-16)12-20-8-7-19(24-20)11-17-4-3-15(22-17)9-13(1)21-14;2*2-1(3,4)5/h1-12H;2*(H,2,3,4,5)/q+2;;/p-2. The van der Waals surface area contributed by atoms with Crippen molar-refractivity contribution >= 4 is 88.5 Å². The summed E-state index contributed by atoms with van der Waals surface area (Å²) in [4.78, 5) is 5.24. The first-order chi connectivity index (χ1) is 15.8. The molecule has 34 heavy (non-hydrogen) atoms. The molecular weight excluding hydrogens is 567 g/mol. The van der Waals surface area contributed by atoms with E-state index in [2.05, 4.69) is 72.8 Å². The molecule has 0 aromatic carbocycles. The van der Waals surface area contributed by atoms with Gasteiger partial charge in [-0.2, -0.15) is 0 Å². The Balaban J connectivity index is 0.000000277. The Morgan fingerprint density at radius 3 is 1.03 bits per heavy atom. The Bertz CT molecular complexity index is 1260. The van der Waals surface area contributed by atoms with E-state index in [0.717, 1.165) is 0 Å². The molecule has 0 fully saturated rings. The first kappa shape index (κ1) is 27.1. The van der Waals surface area contributed by atoms with Crippen LogP contribution in [-0.2, 0) is 0 Å². The van der Waals surface area contributed by atoms with Gasteiger partial charge in [-0.1, -0.05) is 0 Å². The van der Waals surface area contributed by atoms with Crippen LogP contribution in [0.25, 0.3) is 43.1 Å². The Morgan fingerprint density at radius 2 is 0.706 bits per heavy atom. The molecule has 8 nitrogen and oxygen atoms in total. The summed E-state index contributed by atoms with van der Waals surface area (Å²) in [6.45, 7) is 0.